The molecular weight excluding hydrogens is 274 g/mol. The molecule has 1 unspecified atom stereocenters. The van der Waals surface area contributed by atoms with Crippen LogP contribution in [-0.4, -0.2) is 36.1 Å². The van der Waals surface area contributed by atoms with E-state index in [4.69, 9.17) is 5.11 Å². The van der Waals surface area contributed by atoms with Crippen LogP contribution in [-0.2, 0) is 11.3 Å². The fourth-order valence-electron chi connectivity index (χ4n) is 1.65. The van der Waals surface area contributed by atoms with Crippen LogP contribution in [0.25, 0.3) is 0 Å². The molecule has 3 amide bonds. The third-order valence-corrected chi connectivity index (χ3v) is 2.80. The Balaban J connectivity index is 2.39. The molecule has 0 spiro atoms. The van der Waals surface area contributed by atoms with Crippen LogP contribution in [0, 0.1) is 0 Å². The second-order valence-electron chi connectivity index (χ2n) is 4.61. The van der Waals surface area contributed by atoms with Crippen LogP contribution in [0.5, 0.6) is 0 Å². The van der Waals surface area contributed by atoms with Crippen molar-refractivity contribution in [2.75, 3.05) is 7.05 Å². The summed E-state index contributed by atoms with van der Waals surface area (Å²) in [6, 6.07) is 5.57. The molecule has 1 aromatic rings. The predicted molar refractivity (Wildman–Crippen MR) is 76.9 cm³/mol. The van der Waals surface area contributed by atoms with Gasteiger partial charge in [-0.2, -0.15) is 0 Å². The number of carbonyl (C=O) groups is 3. The van der Waals surface area contributed by atoms with Gasteiger partial charge in [-0.15, -0.1) is 0 Å². The van der Waals surface area contributed by atoms with Gasteiger partial charge in [0.1, 0.15) is 0 Å². The smallest absolute Gasteiger partial charge is 0.335 e. The Morgan fingerprint density at radius 2 is 1.81 bits per heavy atom. The summed E-state index contributed by atoms with van der Waals surface area (Å²) in [5.41, 5.74) is 0.983. The molecule has 7 heteroatoms. The molecule has 0 aliphatic carbocycles. The molecule has 114 valence electrons. The molecule has 0 bridgehead atoms. The van der Waals surface area contributed by atoms with Gasteiger partial charge in [0.2, 0.25) is 5.91 Å². The van der Waals surface area contributed by atoms with E-state index in [0.717, 1.165) is 5.56 Å². The van der Waals surface area contributed by atoms with Crippen molar-refractivity contribution in [3.05, 3.63) is 35.4 Å². The second kappa shape index (κ2) is 7.88. The maximum atomic E-state index is 11.6. The van der Waals surface area contributed by atoms with Gasteiger partial charge in [-0.05, 0) is 24.6 Å². The van der Waals surface area contributed by atoms with Crippen molar-refractivity contribution in [2.24, 2.45) is 0 Å². The molecule has 0 radical (unpaired) electrons. The van der Waals surface area contributed by atoms with Crippen LogP contribution in [0.3, 0.4) is 0 Å². The first-order valence-electron chi connectivity index (χ1n) is 6.49. The van der Waals surface area contributed by atoms with E-state index in [0.29, 0.717) is 0 Å². The van der Waals surface area contributed by atoms with Gasteiger partial charge in [0.05, 0.1) is 5.56 Å². The first kappa shape index (κ1) is 16.5. The Hall–Kier alpha value is -2.57. The van der Waals surface area contributed by atoms with E-state index >= 15 is 0 Å². The Labute approximate surface area is 122 Å². The number of rotatable bonds is 6. The summed E-state index contributed by atoms with van der Waals surface area (Å²) in [4.78, 5) is 33.5. The Bertz CT molecular complexity index is 513. The standard InChI is InChI=1S/C14H19N3O4/c1-9(7-12(18)15-2)17-14(21)16-8-10-3-5-11(6-4-10)13(19)20/h3-6,9H,7-8H2,1-2H3,(H,15,18)(H,19,20)(H2,16,17,21). The summed E-state index contributed by atoms with van der Waals surface area (Å²) in [7, 11) is 1.54. The zero-order valence-electron chi connectivity index (χ0n) is 12.0. The number of hydrogen-bond acceptors (Lipinski definition) is 3. The highest BCUT2D eigenvalue weighted by molar-refractivity contribution is 5.87. The fraction of sp³-hybridized carbons (Fsp3) is 0.357. The highest BCUT2D eigenvalue weighted by Gasteiger charge is 2.10. The van der Waals surface area contributed by atoms with Gasteiger partial charge in [0.25, 0.3) is 0 Å². The second-order valence-corrected chi connectivity index (χ2v) is 4.61. The third kappa shape index (κ3) is 5.94. The summed E-state index contributed by atoms with van der Waals surface area (Å²) in [6.07, 6.45) is 0.206. The van der Waals surface area contributed by atoms with Crippen molar-refractivity contribution >= 4 is 17.9 Å². The zero-order valence-corrected chi connectivity index (χ0v) is 12.0. The number of aromatic carboxylic acids is 1. The van der Waals surface area contributed by atoms with E-state index in [1.165, 1.54) is 19.2 Å². The maximum Gasteiger partial charge on any atom is 0.335 e. The minimum absolute atomic E-state index is 0.146. The highest BCUT2D eigenvalue weighted by atomic mass is 16.4. The SMILES string of the molecule is CNC(=O)CC(C)NC(=O)NCc1ccc(C(=O)O)cc1. The summed E-state index contributed by atoms with van der Waals surface area (Å²) < 4.78 is 0. The first-order chi connectivity index (χ1) is 9.92. The van der Waals surface area contributed by atoms with E-state index in [1.807, 2.05) is 0 Å². The van der Waals surface area contributed by atoms with Crippen molar-refractivity contribution in [3.63, 3.8) is 0 Å². The lowest BCUT2D eigenvalue weighted by Crippen LogP contribution is -2.42. The van der Waals surface area contributed by atoms with E-state index in [9.17, 15) is 14.4 Å². The van der Waals surface area contributed by atoms with Gasteiger partial charge < -0.3 is 21.1 Å². The molecule has 0 saturated heterocycles. The van der Waals surface area contributed by atoms with Crippen molar-refractivity contribution in [3.8, 4) is 0 Å². The molecular formula is C14H19N3O4. The van der Waals surface area contributed by atoms with Gasteiger partial charge in [-0.1, -0.05) is 12.1 Å². The molecule has 1 atom stereocenters. The van der Waals surface area contributed by atoms with E-state index < -0.39 is 5.97 Å². The number of benzene rings is 1. The van der Waals surface area contributed by atoms with Crippen LogP contribution in [0.15, 0.2) is 24.3 Å². The van der Waals surface area contributed by atoms with E-state index in [1.54, 1.807) is 19.1 Å². The van der Waals surface area contributed by atoms with E-state index in [-0.39, 0.29) is 36.5 Å². The molecule has 0 fully saturated rings. The monoisotopic (exact) mass is 293 g/mol. The number of urea groups is 1. The number of nitrogens with one attached hydrogen (secondary N) is 3. The largest absolute Gasteiger partial charge is 0.478 e. The average molecular weight is 293 g/mol. The molecule has 0 heterocycles. The molecule has 1 aromatic carbocycles. The number of amides is 3. The lowest BCUT2D eigenvalue weighted by molar-refractivity contribution is -0.120. The Kier molecular flexibility index (Phi) is 6.19. The van der Waals surface area contributed by atoms with Gasteiger partial charge in [0, 0.05) is 26.1 Å². The van der Waals surface area contributed by atoms with Gasteiger partial charge in [-0.25, -0.2) is 9.59 Å². The Morgan fingerprint density at radius 3 is 2.33 bits per heavy atom. The zero-order chi connectivity index (χ0) is 15.8. The number of carbonyl (C=O) groups excluding carboxylic acids is 2. The summed E-state index contributed by atoms with van der Waals surface area (Å²) in [5.74, 6) is -1.14. The topological polar surface area (TPSA) is 108 Å². The summed E-state index contributed by atoms with van der Waals surface area (Å²) >= 11 is 0. The normalized spacial score (nSPS) is 11.3. The molecule has 7 nitrogen and oxygen atoms in total. The van der Waals surface area contributed by atoms with Gasteiger partial charge in [-0.3, -0.25) is 4.79 Å². The molecule has 0 aromatic heterocycles. The number of carboxylic acids is 1. The van der Waals surface area contributed by atoms with Gasteiger partial charge >= 0.3 is 12.0 Å². The van der Waals surface area contributed by atoms with Crippen LogP contribution in [0.1, 0.15) is 29.3 Å². The minimum atomic E-state index is -0.990. The molecule has 0 aliphatic rings. The third-order valence-electron chi connectivity index (χ3n) is 2.80. The quantitative estimate of drug-likeness (QED) is 0.619. The molecule has 1 rings (SSSR count). The lowest BCUT2D eigenvalue weighted by atomic mass is 10.1. The number of hydrogen-bond donors (Lipinski definition) is 4. The fourth-order valence-corrected chi connectivity index (χ4v) is 1.65. The summed E-state index contributed by atoms with van der Waals surface area (Å²) in [5, 5.41) is 16.5. The predicted octanol–water partition coefficient (Wildman–Crippen LogP) is 0.709. The van der Waals surface area contributed by atoms with E-state index in [2.05, 4.69) is 16.0 Å². The van der Waals surface area contributed by atoms with Crippen LogP contribution < -0.4 is 16.0 Å². The average Bonchev–Trinajstić information content (AvgIpc) is 2.45. The molecule has 21 heavy (non-hydrogen) atoms. The molecule has 0 aliphatic heterocycles. The minimum Gasteiger partial charge on any atom is -0.478 e. The van der Waals surface area contributed by atoms with Crippen molar-refractivity contribution in [1.29, 1.82) is 0 Å². The van der Waals surface area contributed by atoms with Crippen molar-refractivity contribution < 1.29 is 19.5 Å². The Morgan fingerprint density at radius 1 is 1.19 bits per heavy atom. The van der Waals surface area contributed by atoms with Crippen LogP contribution >= 0.6 is 0 Å². The van der Waals surface area contributed by atoms with Crippen LogP contribution in [0.4, 0.5) is 4.79 Å². The molecule has 4 N–H and O–H groups in total. The van der Waals surface area contributed by atoms with Crippen LogP contribution in [0.2, 0.25) is 0 Å². The van der Waals surface area contributed by atoms with Crippen molar-refractivity contribution in [1.82, 2.24) is 16.0 Å². The van der Waals surface area contributed by atoms with Crippen molar-refractivity contribution in [2.45, 2.75) is 25.9 Å². The lowest BCUT2D eigenvalue weighted by Gasteiger charge is -2.13. The number of carboxylic acid groups (broad SMARTS) is 1. The maximum absolute atomic E-state index is 11.6. The molecule has 0 saturated carbocycles. The van der Waals surface area contributed by atoms with Gasteiger partial charge in [0.15, 0.2) is 0 Å². The first-order valence-corrected chi connectivity index (χ1v) is 6.49. The summed E-state index contributed by atoms with van der Waals surface area (Å²) in [6.45, 7) is 2.01. The highest BCUT2D eigenvalue weighted by Crippen LogP contribution is 2.04.